The van der Waals surface area contributed by atoms with Gasteiger partial charge in [0.1, 0.15) is 6.33 Å². The second-order valence-electron chi connectivity index (χ2n) is 5.71. The van der Waals surface area contributed by atoms with Crippen molar-refractivity contribution in [2.45, 2.75) is 19.1 Å². The normalized spacial score (nSPS) is 12.5. The van der Waals surface area contributed by atoms with E-state index in [9.17, 15) is 18.0 Å². The van der Waals surface area contributed by atoms with Crippen LogP contribution in [-0.4, -0.2) is 30.8 Å². The highest BCUT2D eigenvalue weighted by Crippen LogP contribution is 2.39. The number of rotatable bonds is 4. The Kier molecular flexibility index (Phi) is 6.03. The standard InChI is InChI=1S/C16H12BrClF3N7O/c1-8(13-24-7-25-28(13)14-22-3-2-4-23-14)26-15(29)27-12-5-9(16(19,20)21)11(18)6-10(12)17/h2-8H,1H3,(H2,26,27,29). The summed E-state index contributed by atoms with van der Waals surface area (Å²) in [5.74, 6) is 0.585. The molecule has 1 aromatic carbocycles. The molecule has 2 aromatic heterocycles. The lowest BCUT2D eigenvalue weighted by Gasteiger charge is -2.17. The second-order valence-corrected chi connectivity index (χ2v) is 6.97. The van der Waals surface area contributed by atoms with Gasteiger partial charge >= 0.3 is 12.2 Å². The summed E-state index contributed by atoms with van der Waals surface area (Å²) in [6.07, 6.45) is -0.346. The molecule has 1 atom stereocenters. The summed E-state index contributed by atoms with van der Waals surface area (Å²) in [6, 6.07) is 2.03. The van der Waals surface area contributed by atoms with E-state index in [0.29, 0.717) is 5.82 Å². The van der Waals surface area contributed by atoms with Crippen LogP contribution in [0.15, 0.2) is 41.4 Å². The van der Waals surface area contributed by atoms with Gasteiger partial charge in [-0.15, -0.1) is 0 Å². The van der Waals surface area contributed by atoms with E-state index < -0.39 is 28.8 Å². The zero-order valence-corrected chi connectivity index (χ0v) is 16.9. The molecule has 0 fully saturated rings. The Balaban J connectivity index is 1.77. The number of nitrogens with zero attached hydrogens (tertiary/aromatic N) is 5. The Morgan fingerprint density at radius 3 is 2.59 bits per heavy atom. The predicted molar refractivity (Wildman–Crippen MR) is 102 cm³/mol. The van der Waals surface area contributed by atoms with Gasteiger partial charge < -0.3 is 10.6 Å². The van der Waals surface area contributed by atoms with Crippen LogP contribution in [0, 0.1) is 0 Å². The third-order valence-electron chi connectivity index (χ3n) is 3.66. The zero-order chi connectivity index (χ0) is 21.2. The number of urea groups is 1. The molecule has 0 aliphatic carbocycles. The number of halogens is 5. The number of hydrogen-bond donors (Lipinski definition) is 2. The second kappa shape index (κ2) is 8.33. The number of alkyl halides is 3. The molecule has 2 N–H and O–H groups in total. The summed E-state index contributed by atoms with van der Waals surface area (Å²) in [4.78, 5) is 24.5. The van der Waals surface area contributed by atoms with Gasteiger partial charge in [-0.2, -0.15) is 23.0 Å². The fourth-order valence-corrected chi connectivity index (χ4v) is 3.23. The number of carbonyl (C=O) groups is 1. The van der Waals surface area contributed by atoms with E-state index in [1.54, 1.807) is 13.0 Å². The fourth-order valence-electron chi connectivity index (χ4n) is 2.38. The SMILES string of the molecule is CC(NC(=O)Nc1cc(C(F)(F)F)c(Cl)cc1Br)c1ncnn1-c1ncccn1. The molecule has 8 nitrogen and oxygen atoms in total. The van der Waals surface area contributed by atoms with Crippen molar-refractivity contribution in [1.82, 2.24) is 30.0 Å². The third-order valence-corrected chi connectivity index (χ3v) is 4.63. The van der Waals surface area contributed by atoms with Crippen molar-refractivity contribution in [2.75, 3.05) is 5.32 Å². The number of aromatic nitrogens is 5. The van der Waals surface area contributed by atoms with E-state index in [2.05, 4.69) is 46.6 Å². The average Bonchev–Trinajstić information content (AvgIpc) is 3.13. The number of nitrogens with one attached hydrogen (secondary N) is 2. The maximum absolute atomic E-state index is 13.0. The number of anilines is 1. The van der Waals surface area contributed by atoms with Crippen molar-refractivity contribution in [3.8, 4) is 5.95 Å². The van der Waals surface area contributed by atoms with E-state index in [0.717, 1.165) is 12.1 Å². The highest BCUT2D eigenvalue weighted by molar-refractivity contribution is 9.10. The first-order valence-electron chi connectivity index (χ1n) is 7.98. The van der Waals surface area contributed by atoms with Gasteiger partial charge in [0, 0.05) is 16.9 Å². The molecule has 29 heavy (non-hydrogen) atoms. The van der Waals surface area contributed by atoms with Crippen LogP contribution < -0.4 is 10.6 Å². The number of carbonyl (C=O) groups excluding carboxylic acids is 1. The summed E-state index contributed by atoms with van der Waals surface area (Å²) >= 11 is 8.73. The minimum absolute atomic E-state index is 0.0979. The van der Waals surface area contributed by atoms with Crippen molar-refractivity contribution in [1.29, 1.82) is 0 Å². The van der Waals surface area contributed by atoms with Crippen molar-refractivity contribution in [3.05, 3.63) is 57.8 Å². The van der Waals surface area contributed by atoms with E-state index in [-0.39, 0.29) is 16.1 Å². The zero-order valence-electron chi connectivity index (χ0n) is 14.6. The number of amides is 2. The molecule has 152 valence electrons. The van der Waals surface area contributed by atoms with Crippen LogP contribution in [0.4, 0.5) is 23.7 Å². The fraction of sp³-hybridized carbons (Fsp3) is 0.188. The summed E-state index contributed by atoms with van der Waals surface area (Å²) in [5, 5.41) is 8.47. The van der Waals surface area contributed by atoms with Crippen LogP contribution in [0.1, 0.15) is 24.4 Å². The van der Waals surface area contributed by atoms with Crippen LogP contribution in [0.2, 0.25) is 5.02 Å². The molecule has 13 heteroatoms. The van der Waals surface area contributed by atoms with Crippen LogP contribution in [0.5, 0.6) is 0 Å². The van der Waals surface area contributed by atoms with Gasteiger partial charge in [-0.1, -0.05) is 11.6 Å². The van der Waals surface area contributed by atoms with Crippen molar-refractivity contribution in [3.63, 3.8) is 0 Å². The molecule has 1 unspecified atom stereocenters. The van der Waals surface area contributed by atoms with Gasteiger partial charge in [0.25, 0.3) is 5.95 Å². The first-order valence-corrected chi connectivity index (χ1v) is 9.15. The van der Waals surface area contributed by atoms with Gasteiger partial charge in [0.05, 0.1) is 22.3 Å². The molecule has 0 saturated carbocycles. The first-order chi connectivity index (χ1) is 13.7. The maximum atomic E-state index is 13.0. The minimum Gasteiger partial charge on any atom is -0.328 e. The summed E-state index contributed by atoms with van der Waals surface area (Å²) < 4.78 is 40.7. The van der Waals surface area contributed by atoms with Gasteiger partial charge in [-0.3, -0.25) is 0 Å². The van der Waals surface area contributed by atoms with Crippen LogP contribution in [0.25, 0.3) is 5.95 Å². The smallest absolute Gasteiger partial charge is 0.328 e. The van der Waals surface area contributed by atoms with Crippen molar-refractivity contribution in [2.24, 2.45) is 0 Å². The molecule has 2 amide bonds. The minimum atomic E-state index is -4.66. The Morgan fingerprint density at radius 2 is 1.93 bits per heavy atom. The highest BCUT2D eigenvalue weighted by atomic mass is 79.9. The van der Waals surface area contributed by atoms with Crippen LogP contribution in [-0.2, 0) is 6.18 Å². The lowest BCUT2D eigenvalue weighted by Crippen LogP contribution is -2.33. The Morgan fingerprint density at radius 1 is 1.24 bits per heavy atom. The van der Waals surface area contributed by atoms with E-state index in [1.807, 2.05) is 0 Å². The van der Waals surface area contributed by atoms with E-state index in [4.69, 9.17) is 11.6 Å². The topological polar surface area (TPSA) is 97.6 Å². The van der Waals surface area contributed by atoms with Gasteiger partial charge in [-0.05, 0) is 41.1 Å². The van der Waals surface area contributed by atoms with Gasteiger partial charge in [0.15, 0.2) is 5.82 Å². The maximum Gasteiger partial charge on any atom is 0.417 e. The molecule has 3 rings (SSSR count). The van der Waals surface area contributed by atoms with Gasteiger partial charge in [-0.25, -0.2) is 19.7 Å². The van der Waals surface area contributed by atoms with Crippen LogP contribution >= 0.6 is 27.5 Å². The third kappa shape index (κ3) is 4.82. The Labute approximate surface area is 175 Å². The molecule has 0 saturated heterocycles. The van der Waals surface area contributed by atoms with E-state index >= 15 is 0 Å². The molecule has 2 heterocycles. The molecule has 0 aliphatic rings. The highest BCUT2D eigenvalue weighted by Gasteiger charge is 2.34. The lowest BCUT2D eigenvalue weighted by molar-refractivity contribution is -0.137. The van der Waals surface area contributed by atoms with Crippen molar-refractivity contribution < 1.29 is 18.0 Å². The molecule has 0 aliphatic heterocycles. The summed E-state index contributed by atoms with van der Waals surface area (Å²) in [6.45, 7) is 1.63. The lowest BCUT2D eigenvalue weighted by atomic mass is 10.2. The van der Waals surface area contributed by atoms with Crippen LogP contribution in [0.3, 0.4) is 0 Å². The monoisotopic (exact) mass is 489 g/mol. The first kappa shape index (κ1) is 21.0. The van der Waals surface area contributed by atoms with Crippen molar-refractivity contribution >= 4 is 39.2 Å². The number of benzene rings is 1. The molecule has 0 bridgehead atoms. The largest absolute Gasteiger partial charge is 0.417 e. The molecule has 0 radical (unpaired) electrons. The Bertz CT molecular complexity index is 1030. The Hall–Kier alpha value is -2.73. The molecular formula is C16H12BrClF3N7O. The van der Waals surface area contributed by atoms with E-state index in [1.165, 1.54) is 23.4 Å². The summed E-state index contributed by atoms with van der Waals surface area (Å²) in [7, 11) is 0. The quantitative estimate of drug-likeness (QED) is 0.566. The molecular weight excluding hydrogens is 479 g/mol. The van der Waals surface area contributed by atoms with Gasteiger partial charge in [0.2, 0.25) is 0 Å². The molecule has 0 spiro atoms. The average molecular weight is 491 g/mol. The number of hydrogen-bond acceptors (Lipinski definition) is 5. The molecule has 3 aromatic rings. The predicted octanol–water partition coefficient (Wildman–Crippen LogP) is 4.37. The summed E-state index contributed by atoms with van der Waals surface area (Å²) in [5.41, 5.74) is -1.16.